The van der Waals surface area contributed by atoms with E-state index in [9.17, 15) is 9.59 Å². The molecule has 2 aromatic heterocycles. The number of nitrogens with zero attached hydrogens (tertiary/aromatic N) is 2. The average molecular weight is 334 g/mol. The fraction of sp³-hybridized carbons (Fsp3) is 0.438. The van der Waals surface area contributed by atoms with Gasteiger partial charge < -0.3 is 10.6 Å². The van der Waals surface area contributed by atoms with Crippen LogP contribution in [0, 0.1) is 0 Å². The van der Waals surface area contributed by atoms with Crippen molar-refractivity contribution in [1.29, 1.82) is 0 Å². The maximum absolute atomic E-state index is 12.4. The second kappa shape index (κ2) is 7.41. The monoisotopic (exact) mass is 334 g/mol. The molecule has 0 saturated carbocycles. The van der Waals surface area contributed by atoms with Gasteiger partial charge in [-0.1, -0.05) is 6.07 Å². The van der Waals surface area contributed by atoms with Crippen LogP contribution < -0.4 is 10.6 Å². The largest absolute Gasteiger partial charge is 0.352 e. The molecule has 2 N–H and O–H groups in total. The van der Waals surface area contributed by atoms with Gasteiger partial charge in [-0.15, -0.1) is 11.3 Å². The normalized spacial score (nSPS) is 12.7. The van der Waals surface area contributed by atoms with E-state index in [-0.39, 0.29) is 17.9 Å². The molecule has 7 heteroatoms. The summed E-state index contributed by atoms with van der Waals surface area (Å²) in [7, 11) is 0. The quantitative estimate of drug-likeness (QED) is 0.813. The first-order valence-corrected chi connectivity index (χ1v) is 8.41. The van der Waals surface area contributed by atoms with Crippen molar-refractivity contribution in [2.45, 2.75) is 45.3 Å². The van der Waals surface area contributed by atoms with Crippen molar-refractivity contribution in [2.75, 3.05) is 0 Å². The number of nitrogens with one attached hydrogen (secondary N) is 2. The van der Waals surface area contributed by atoms with E-state index < -0.39 is 5.54 Å². The summed E-state index contributed by atoms with van der Waals surface area (Å²) in [5.41, 5.74) is -0.971. The van der Waals surface area contributed by atoms with Gasteiger partial charge in [-0.3, -0.25) is 14.3 Å². The summed E-state index contributed by atoms with van der Waals surface area (Å²) in [6.07, 6.45) is 4.38. The zero-order valence-electron chi connectivity index (χ0n) is 13.6. The van der Waals surface area contributed by atoms with Gasteiger partial charge in [0, 0.05) is 25.0 Å². The highest BCUT2D eigenvalue weighted by Crippen LogP contribution is 2.11. The van der Waals surface area contributed by atoms with Gasteiger partial charge in [0.2, 0.25) is 5.91 Å². The number of aromatic nitrogens is 2. The Morgan fingerprint density at radius 1 is 1.39 bits per heavy atom. The first-order chi connectivity index (χ1) is 10.9. The molecule has 0 aliphatic heterocycles. The Morgan fingerprint density at radius 2 is 2.17 bits per heavy atom. The van der Waals surface area contributed by atoms with E-state index in [1.807, 2.05) is 35.3 Å². The molecule has 0 saturated heterocycles. The number of aryl methyl sites for hydroxylation is 1. The molecule has 0 bridgehead atoms. The van der Waals surface area contributed by atoms with Crippen molar-refractivity contribution in [2.24, 2.45) is 0 Å². The zero-order valence-corrected chi connectivity index (χ0v) is 14.4. The van der Waals surface area contributed by atoms with Crippen LogP contribution in [0.2, 0.25) is 0 Å². The van der Waals surface area contributed by atoms with Crippen LogP contribution in [0.4, 0.5) is 0 Å². The molecule has 0 unspecified atom stereocenters. The lowest BCUT2D eigenvalue weighted by atomic mass is 10.0. The van der Waals surface area contributed by atoms with Crippen molar-refractivity contribution in [3.05, 3.63) is 40.8 Å². The molecule has 23 heavy (non-hydrogen) atoms. The number of amides is 2. The molecular weight excluding hydrogens is 312 g/mol. The minimum Gasteiger partial charge on any atom is -0.352 e. The summed E-state index contributed by atoms with van der Waals surface area (Å²) in [5, 5.41) is 11.7. The van der Waals surface area contributed by atoms with Gasteiger partial charge in [0.25, 0.3) is 5.91 Å². The first-order valence-electron chi connectivity index (χ1n) is 7.53. The zero-order chi connectivity index (χ0) is 16.9. The maximum Gasteiger partial charge on any atom is 0.262 e. The lowest BCUT2D eigenvalue weighted by molar-refractivity contribution is -0.126. The fourth-order valence-electron chi connectivity index (χ4n) is 2.04. The van der Waals surface area contributed by atoms with Crippen molar-refractivity contribution in [1.82, 2.24) is 20.4 Å². The minimum atomic E-state index is -0.971. The van der Waals surface area contributed by atoms with Crippen LogP contribution in [0.25, 0.3) is 0 Å². The van der Waals surface area contributed by atoms with Crippen LogP contribution >= 0.6 is 11.3 Å². The van der Waals surface area contributed by atoms with E-state index in [4.69, 9.17) is 0 Å². The summed E-state index contributed by atoms with van der Waals surface area (Å²) in [4.78, 5) is 25.1. The van der Waals surface area contributed by atoms with Crippen LogP contribution in [-0.4, -0.2) is 33.2 Å². The Labute approximate surface area is 139 Å². The topological polar surface area (TPSA) is 76.0 Å². The van der Waals surface area contributed by atoms with Gasteiger partial charge in [-0.25, -0.2) is 0 Å². The van der Waals surface area contributed by atoms with Crippen LogP contribution in [0.3, 0.4) is 0 Å². The molecule has 2 aromatic rings. The van der Waals surface area contributed by atoms with Crippen LogP contribution in [0.5, 0.6) is 0 Å². The molecule has 0 fully saturated rings. The van der Waals surface area contributed by atoms with E-state index in [1.54, 1.807) is 26.1 Å². The third-order valence-corrected chi connectivity index (χ3v) is 4.34. The highest BCUT2D eigenvalue weighted by Gasteiger charge is 2.30. The number of carbonyl (C=O) groups is 2. The van der Waals surface area contributed by atoms with Gasteiger partial charge in [0.15, 0.2) is 0 Å². The van der Waals surface area contributed by atoms with Crippen molar-refractivity contribution >= 4 is 23.2 Å². The molecule has 0 spiro atoms. The van der Waals surface area contributed by atoms with Crippen molar-refractivity contribution in [3.8, 4) is 0 Å². The first kappa shape index (κ1) is 17.2. The lowest BCUT2D eigenvalue weighted by Gasteiger charge is -2.27. The fourth-order valence-corrected chi connectivity index (χ4v) is 2.66. The van der Waals surface area contributed by atoms with E-state index in [2.05, 4.69) is 15.7 Å². The summed E-state index contributed by atoms with van der Waals surface area (Å²) >= 11 is 1.35. The highest BCUT2D eigenvalue weighted by atomic mass is 32.1. The molecule has 6 nitrogen and oxygen atoms in total. The maximum atomic E-state index is 12.4. The van der Waals surface area contributed by atoms with Gasteiger partial charge in [0.1, 0.15) is 5.54 Å². The number of thiophene rings is 1. The summed E-state index contributed by atoms with van der Waals surface area (Å²) < 4.78 is 1.83. The summed E-state index contributed by atoms with van der Waals surface area (Å²) in [6.45, 7) is 6.08. The standard InChI is InChI=1S/C16H22N4O2S/c1-12(7-10-20-9-5-8-17-20)18-15(22)16(2,3)19-14(21)13-6-4-11-23-13/h4-6,8-9,11-12H,7,10H2,1-3H3,(H,18,22)(H,19,21)/t12-/m1/s1. The Bertz CT molecular complexity index is 635. The van der Waals surface area contributed by atoms with Gasteiger partial charge in [-0.05, 0) is 44.7 Å². The molecule has 0 aromatic carbocycles. The molecule has 1 atom stereocenters. The molecule has 0 aliphatic carbocycles. The smallest absolute Gasteiger partial charge is 0.262 e. The Hall–Kier alpha value is -2.15. The third kappa shape index (κ3) is 4.92. The van der Waals surface area contributed by atoms with Crippen molar-refractivity contribution < 1.29 is 9.59 Å². The molecule has 2 amide bonds. The summed E-state index contributed by atoms with van der Waals surface area (Å²) in [5.74, 6) is -0.431. The van der Waals surface area contributed by atoms with Crippen LogP contribution in [-0.2, 0) is 11.3 Å². The Balaban J connectivity index is 1.83. The number of rotatable bonds is 7. The van der Waals surface area contributed by atoms with E-state index in [0.717, 1.165) is 13.0 Å². The molecular formula is C16H22N4O2S. The number of hydrogen-bond acceptors (Lipinski definition) is 4. The van der Waals surface area contributed by atoms with E-state index >= 15 is 0 Å². The second-order valence-corrected chi connectivity index (χ2v) is 6.94. The average Bonchev–Trinajstić information content (AvgIpc) is 3.18. The van der Waals surface area contributed by atoms with E-state index in [1.165, 1.54) is 11.3 Å². The van der Waals surface area contributed by atoms with Gasteiger partial charge in [-0.2, -0.15) is 5.10 Å². The number of hydrogen-bond donors (Lipinski definition) is 2. The van der Waals surface area contributed by atoms with Gasteiger partial charge in [0.05, 0.1) is 4.88 Å². The molecule has 2 rings (SSSR count). The predicted molar refractivity (Wildman–Crippen MR) is 90.3 cm³/mol. The highest BCUT2D eigenvalue weighted by molar-refractivity contribution is 7.12. The number of carbonyl (C=O) groups excluding carboxylic acids is 2. The summed E-state index contributed by atoms with van der Waals surface area (Å²) in [6, 6.07) is 5.40. The molecule has 2 heterocycles. The Morgan fingerprint density at radius 3 is 2.78 bits per heavy atom. The van der Waals surface area contributed by atoms with Crippen molar-refractivity contribution in [3.63, 3.8) is 0 Å². The van der Waals surface area contributed by atoms with Gasteiger partial charge >= 0.3 is 0 Å². The van der Waals surface area contributed by atoms with Crippen LogP contribution in [0.1, 0.15) is 36.9 Å². The third-order valence-electron chi connectivity index (χ3n) is 3.47. The van der Waals surface area contributed by atoms with Crippen LogP contribution in [0.15, 0.2) is 36.0 Å². The molecule has 124 valence electrons. The minimum absolute atomic E-state index is 0.00962. The SMILES string of the molecule is C[C@H](CCn1cccn1)NC(=O)C(C)(C)NC(=O)c1cccs1. The molecule has 0 radical (unpaired) electrons. The predicted octanol–water partition coefficient (Wildman–Crippen LogP) is 2.05. The molecule has 0 aliphatic rings. The van der Waals surface area contributed by atoms with E-state index in [0.29, 0.717) is 4.88 Å². The second-order valence-electron chi connectivity index (χ2n) is 5.99. The lowest BCUT2D eigenvalue weighted by Crippen LogP contribution is -2.56. The Kier molecular flexibility index (Phi) is 5.54.